The van der Waals surface area contributed by atoms with Gasteiger partial charge in [-0.1, -0.05) is 12.1 Å². The maximum atomic E-state index is 11.1. The molecule has 1 aliphatic rings. The molecule has 2 aromatic carbocycles. The average Bonchev–Trinajstić information content (AvgIpc) is 2.86. The molecule has 0 unspecified atom stereocenters. The SMILES string of the molecule is CCOc1cc(NCc2cccc3c2OCCCO3)ccc1[N+](=O)[O-]. The highest BCUT2D eigenvalue weighted by atomic mass is 16.6. The molecule has 7 heteroatoms. The second kappa shape index (κ2) is 7.74. The molecule has 1 N–H and O–H groups in total. The fourth-order valence-electron chi connectivity index (χ4n) is 2.64. The number of para-hydroxylation sites is 1. The van der Waals surface area contributed by atoms with Crippen molar-refractivity contribution in [2.24, 2.45) is 0 Å². The number of hydrogen-bond donors (Lipinski definition) is 1. The van der Waals surface area contributed by atoms with E-state index in [-0.39, 0.29) is 11.4 Å². The first-order valence-corrected chi connectivity index (χ1v) is 8.21. The van der Waals surface area contributed by atoms with E-state index in [9.17, 15) is 10.1 Å². The average molecular weight is 344 g/mol. The Labute approximate surface area is 145 Å². The second-order valence-corrected chi connectivity index (χ2v) is 5.52. The monoisotopic (exact) mass is 344 g/mol. The largest absolute Gasteiger partial charge is 0.490 e. The summed E-state index contributed by atoms with van der Waals surface area (Å²) < 4.78 is 16.9. The minimum atomic E-state index is -0.447. The van der Waals surface area contributed by atoms with Gasteiger partial charge in [0.15, 0.2) is 17.2 Å². The zero-order chi connectivity index (χ0) is 17.6. The van der Waals surface area contributed by atoms with Crippen molar-refractivity contribution in [3.63, 3.8) is 0 Å². The number of anilines is 1. The summed E-state index contributed by atoms with van der Waals surface area (Å²) in [6, 6.07) is 10.5. The van der Waals surface area contributed by atoms with Crippen molar-refractivity contribution in [1.82, 2.24) is 0 Å². The lowest BCUT2D eigenvalue weighted by Crippen LogP contribution is -2.04. The van der Waals surface area contributed by atoms with Gasteiger partial charge in [-0.15, -0.1) is 0 Å². The number of rotatable bonds is 6. The van der Waals surface area contributed by atoms with Crippen molar-refractivity contribution >= 4 is 11.4 Å². The first-order chi connectivity index (χ1) is 12.2. The van der Waals surface area contributed by atoms with Crippen LogP contribution in [0.4, 0.5) is 11.4 Å². The minimum absolute atomic E-state index is 0.0438. The van der Waals surface area contributed by atoms with Crippen molar-refractivity contribution in [3.8, 4) is 17.2 Å². The van der Waals surface area contributed by atoms with Gasteiger partial charge >= 0.3 is 5.69 Å². The molecule has 0 saturated carbocycles. The second-order valence-electron chi connectivity index (χ2n) is 5.52. The Hall–Kier alpha value is -2.96. The first-order valence-electron chi connectivity index (χ1n) is 8.21. The standard InChI is InChI=1S/C18H20N2O5/c1-2-23-17-11-14(7-8-15(17)20(21)22)19-12-13-5-3-6-16-18(13)25-10-4-9-24-16/h3,5-8,11,19H,2,4,9-10,12H2,1H3. The zero-order valence-electron chi connectivity index (χ0n) is 14.0. The molecule has 0 bridgehead atoms. The molecule has 7 nitrogen and oxygen atoms in total. The highest BCUT2D eigenvalue weighted by molar-refractivity contribution is 5.58. The van der Waals surface area contributed by atoms with Crippen LogP contribution in [0.1, 0.15) is 18.9 Å². The highest BCUT2D eigenvalue weighted by Gasteiger charge is 2.17. The molecule has 1 heterocycles. The van der Waals surface area contributed by atoms with E-state index in [1.165, 1.54) is 6.07 Å². The van der Waals surface area contributed by atoms with Crippen LogP contribution in [0.2, 0.25) is 0 Å². The smallest absolute Gasteiger partial charge is 0.311 e. The van der Waals surface area contributed by atoms with E-state index in [2.05, 4.69) is 5.32 Å². The van der Waals surface area contributed by atoms with Gasteiger partial charge in [-0.2, -0.15) is 0 Å². The first kappa shape index (κ1) is 16.9. The molecule has 0 amide bonds. The lowest BCUT2D eigenvalue weighted by atomic mass is 10.1. The molecule has 0 atom stereocenters. The van der Waals surface area contributed by atoms with Crippen LogP contribution in [0.3, 0.4) is 0 Å². The number of hydrogen-bond acceptors (Lipinski definition) is 6. The quantitative estimate of drug-likeness (QED) is 0.634. The molecule has 0 aromatic heterocycles. The molecule has 0 saturated heterocycles. The zero-order valence-corrected chi connectivity index (χ0v) is 14.0. The van der Waals surface area contributed by atoms with Crippen LogP contribution in [-0.2, 0) is 6.54 Å². The minimum Gasteiger partial charge on any atom is -0.490 e. The lowest BCUT2D eigenvalue weighted by molar-refractivity contribution is -0.385. The highest BCUT2D eigenvalue weighted by Crippen LogP contribution is 2.34. The van der Waals surface area contributed by atoms with Crippen molar-refractivity contribution in [2.45, 2.75) is 19.9 Å². The number of nitrogens with zero attached hydrogens (tertiary/aromatic N) is 1. The summed E-state index contributed by atoms with van der Waals surface area (Å²) in [5, 5.41) is 14.3. The number of ether oxygens (including phenoxy) is 3. The maximum Gasteiger partial charge on any atom is 0.311 e. The normalized spacial score (nSPS) is 13.0. The molecule has 0 radical (unpaired) electrons. The van der Waals surface area contributed by atoms with Gasteiger partial charge < -0.3 is 19.5 Å². The molecule has 1 aliphatic heterocycles. The van der Waals surface area contributed by atoms with Crippen molar-refractivity contribution in [1.29, 1.82) is 0 Å². The molecule has 0 aliphatic carbocycles. The third-order valence-electron chi connectivity index (χ3n) is 3.79. The maximum absolute atomic E-state index is 11.1. The Morgan fingerprint density at radius 3 is 2.88 bits per heavy atom. The molecule has 3 rings (SSSR count). The van der Waals surface area contributed by atoms with Gasteiger partial charge in [0.1, 0.15) is 0 Å². The van der Waals surface area contributed by atoms with Gasteiger partial charge in [-0.05, 0) is 19.1 Å². The Morgan fingerprint density at radius 1 is 1.24 bits per heavy atom. The molecular weight excluding hydrogens is 324 g/mol. The number of nitro groups is 1. The van der Waals surface area contributed by atoms with Crippen LogP contribution in [-0.4, -0.2) is 24.7 Å². The molecule has 2 aromatic rings. The lowest BCUT2D eigenvalue weighted by Gasteiger charge is -2.14. The van der Waals surface area contributed by atoms with E-state index in [1.54, 1.807) is 19.1 Å². The van der Waals surface area contributed by atoms with Crippen LogP contribution >= 0.6 is 0 Å². The van der Waals surface area contributed by atoms with Gasteiger partial charge in [0.2, 0.25) is 0 Å². The number of fused-ring (bicyclic) bond motifs is 1. The van der Waals surface area contributed by atoms with Crippen LogP contribution in [0.15, 0.2) is 36.4 Å². The fraction of sp³-hybridized carbons (Fsp3) is 0.333. The van der Waals surface area contributed by atoms with E-state index < -0.39 is 4.92 Å². The Kier molecular flexibility index (Phi) is 5.23. The summed E-state index contributed by atoms with van der Waals surface area (Å²) in [5.74, 6) is 1.75. The summed E-state index contributed by atoms with van der Waals surface area (Å²) >= 11 is 0. The van der Waals surface area contributed by atoms with E-state index in [4.69, 9.17) is 14.2 Å². The van der Waals surface area contributed by atoms with E-state index in [0.29, 0.717) is 26.4 Å². The third-order valence-corrected chi connectivity index (χ3v) is 3.79. The predicted molar refractivity (Wildman–Crippen MR) is 93.6 cm³/mol. The topological polar surface area (TPSA) is 82.9 Å². The van der Waals surface area contributed by atoms with Crippen LogP contribution in [0, 0.1) is 10.1 Å². The third kappa shape index (κ3) is 3.93. The van der Waals surface area contributed by atoms with E-state index in [1.807, 2.05) is 18.2 Å². The Bertz CT molecular complexity index is 763. The van der Waals surface area contributed by atoms with Crippen LogP contribution in [0.5, 0.6) is 17.2 Å². The number of benzene rings is 2. The van der Waals surface area contributed by atoms with Crippen LogP contribution < -0.4 is 19.5 Å². The van der Waals surface area contributed by atoms with Crippen molar-refractivity contribution in [3.05, 3.63) is 52.1 Å². The Morgan fingerprint density at radius 2 is 2.08 bits per heavy atom. The molecule has 0 spiro atoms. The van der Waals surface area contributed by atoms with Gasteiger partial charge in [-0.3, -0.25) is 10.1 Å². The number of nitro benzene ring substituents is 1. The van der Waals surface area contributed by atoms with E-state index >= 15 is 0 Å². The molecule has 132 valence electrons. The van der Waals surface area contributed by atoms with Gasteiger partial charge in [0, 0.05) is 36.3 Å². The molecule has 0 fully saturated rings. The summed E-state index contributed by atoms with van der Waals surface area (Å²) in [7, 11) is 0. The summed E-state index contributed by atoms with van der Waals surface area (Å²) in [6.45, 7) is 3.93. The van der Waals surface area contributed by atoms with E-state index in [0.717, 1.165) is 29.2 Å². The predicted octanol–water partition coefficient (Wildman–Crippen LogP) is 3.77. The summed E-state index contributed by atoms with van der Waals surface area (Å²) in [5.41, 5.74) is 1.66. The van der Waals surface area contributed by atoms with Crippen LogP contribution in [0.25, 0.3) is 0 Å². The van der Waals surface area contributed by atoms with Crippen molar-refractivity contribution < 1.29 is 19.1 Å². The number of nitrogens with one attached hydrogen (secondary N) is 1. The van der Waals surface area contributed by atoms with Gasteiger partial charge in [0.25, 0.3) is 0 Å². The molecule has 25 heavy (non-hydrogen) atoms. The van der Waals surface area contributed by atoms with Gasteiger partial charge in [-0.25, -0.2) is 0 Å². The Balaban J connectivity index is 1.78. The summed E-state index contributed by atoms with van der Waals surface area (Å²) in [6.07, 6.45) is 0.849. The molecular formula is C18H20N2O5. The summed E-state index contributed by atoms with van der Waals surface area (Å²) in [4.78, 5) is 10.6. The van der Waals surface area contributed by atoms with Gasteiger partial charge in [0.05, 0.1) is 24.7 Å². The van der Waals surface area contributed by atoms with Crippen molar-refractivity contribution in [2.75, 3.05) is 25.1 Å². The fourth-order valence-corrected chi connectivity index (χ4v) is 2.64.